The van der Waals surface area contributed by atoms with Gasteiger partial charge in [0.15, 0.2) is 0 Å². The lowest BCUT2D eigenvalue weighted by molar-refractivity contribution is 0.0955. The van der Waals surface area contributed by atoms with Gasteiger partial charge in [-0.1, -0.05) is 18.2 Å². The van der Waals surface area contributed by atoms with Gasteiger partial charge >= 0.3 is 0 Å². The molecule has 0 atom stereocenters. The molecule has 0 unspecified atom stereocenters. The van der Waals surface area contributed by atoms with Gasteiger partial charge in [-0.15, -0.1) is 0 Å². The zero-order chi connectivity index (χ0) is 16.4. The number of carbonyl (C=O) groups excluding carboxylic acids is 1. The Kier molecular flexibility index (Phi) is 4.04. The van der Waals surface area contributed by atoms with Gasteiger partial charge in [-0.05, 0) is 41.4 Å². The monoisotopic (exact) mass is 339 g/mol. The maximum absolute atomic E-state index is 12.2. The van der Waals surface area contributed by atoms with E-state index in [4.69, 9.17) is 4.74 Å². The molecule has 2 aromatic carbocycles. The first-order valence-corrected chi connectivity index (χ1v) is 8.71. The molecule has 6 heteroatoms. The molecule has 2 heterocycles. The summed E-state index contributed by atoms with van der Waals surface area (Å²) in [5.74, 6) is 1.61. The number of carbonyl (C=O) groups is 1. The van der Waals surface area contributed by atoms with Gasteiger partial charge in [-0.3, -0.25) is 4.79 Å². The van der Waals surface area contributed by atoms with Gasteiger partial charge in [-0.2, -0.15) is 4.37 Å². The van der Waals surface area contributed by atoms with Crippen LogP contribution >= 0.6 is 11.5 Å². The number of nitrogens with zero attached hydrogens (tertiary/aromatic N) is 1. The fraction of sp³-hybridized carbons (Fsp3) is 0.222. The lowest BCUT2D eigenvalue weighted by Crippen LogP contribution is -2.28. The van der Waals surface area contributed by atoms with Crippen LogP contribution in [-0.4, -0.2) is 30.0 Å². The first kappa shape index (κ1) is 15.0. The van der Waals surface area contributed by atoms with Crippen molar-refractivity contribution in [3.05, 3.63) is 53.6 Å². The fourth-order valence-electron chi connectivity index (χ4n) is 2.78. The normalized spacial score (nSPS) is 12.7. The lowest BCUT2D eigenvalue weighted by Gasteiger charge is -2.08. The molecule has 2 N–H and O–H groups in total. The molecule has 0 radical (unpaired) electrons. The maximum Gasteiger partial charge on any atom is 0.251 e. The van der Waals surface area contributed by atoms with E-state index in [0.717, 1.165) is 28.1 Å². The zero-order valence-electron chi connectivity index (χ0n) is 13.0. The second-order valence-corrected chi connectivity index (χ2v) is 6.44. The number of nitrogens with one attached hydrogen (secondary N) is 2. The molecule has 0 aliphatic carbocycles. The summed E-state index contributed by atoms with van der Waals surface area (Å²) in [6, 6.07) is 13.7. The molecule has 0 bridgehead atoms. The molecular weight excluding hydrogens is 322 g/mol. The Hall–Kier alpha value is -2.60. The second-order valence-electron chi connectivity index (χ2n) is 5.63. The Morgan fingerprint density at radius 1 is 1.21 bits per heavy atom. The van der Waals surface area contributed by atoms with Crippen molar-refractivity contribution in [2.75, 3.05) is 25.0 Å². The van der Waals surface area contributed by atoms with Gasteiger partial charge in [-0.25, -0.2) is 0 Å². The van der Waals surface area contributed by atoms with Crippen molar-refractivity contribution in [1.82, 2.24) is 9.69 Å². The van der Waals surface area contributed by atoms with Crippen LogP contribution in [0.1, 0.15) is 15.9 Å². The van der Waals surface area contributed by atoms with E-state index in [-0.39, 0.29) is 5.91 Å². The Labute approximate surface area is 143 Å². The second kappa shape index (κ2) is 6.49. The first-order valence-electron chi connectivity index (χ1n) is 7.93. The number of benzene rings is 2. The molecule has 1 aliphatic rings. The summed E-state index contributed by atoms with van der Waals surface area (Å²) in [5.41, 5.74) is 1.80. The van der Waals surface area contributed by atoms with Crippen LogP contribution in [0.25, 0.3) is 10.1 Å². The average molecular weight is 339 g/mol. The van der Waals surface area contributed by atoms with Crippen molar-refractivity contribution in [2.45, 2.75) is 6.42 Å². The summed E-state index contributed by atoms with van der Waals surface area (Å²) < 4.78 is 11.1. The number of hydrogen-bond acceptors (Lipinski definition) is 5. The molecule has 5 nitrogen and oxygen atoms in total. The van der Waals surface area contributed by atoms with E-state index in [2.05, 4.69) is 21.1 Å². The molecule has 1 aromatic heterocycles. The molecule has 1 aliphatic heterocycles. The van der Waals surface area contributed by atoms with Crippen LogP contribution in [0.4, 0.5) is 5.82 Å². The van der Waals surface area contributed by atoms with Gasteiger partial charge in [0.2, 0.25) is 0 Å². The average Bonchev–Trinajstić information content (AvgIpc) is 3.24. The van der Waals surface area contributed by atoms with Gasteiger partial charge in [0, 0.05) is 30.5 Å². The predicted octanol–water partition coefficient (Wildman–Crippen LogP) is 3.07. The largest absolute Gasteiger partial charge is 0.493 e. The van der Waals surface area contributed by atoms with Gasteiger partial charge in [0.05, 0.1) is 11.3 Å². The third kappa shape index (κ3) is 2.92. The highest BCUT2D eigenvalue weighted by Crippen LogP contribution is 2.26. The Morgan fingerprint density at radius 2 is 2.12 bits per heavy atom. The predicted molar refractivity (Wildman–Crippen MR) is 96.1 cm³/mol. The van der Waals surface area contributed by atoms with Gasteiger partial charge < -0.3 is 15.4 Å². The van der Waals surface area contributed by atoms with Crippen LogP contribution in [0.5, 0.6) is 5.75 Å². The fourth-order valence-corrected chi connectivity index (χ4v) is 3.54. The van der Waals surface area contributed by atoms with E-state index in [0.29, 0.717) is 25.3 Å². The molecule has 0 fully saturated rings. The third-order valence-corrected chi connectivity index (χ3v) is 4.87. The van der Waals surface area contributed by atoms with E-state index >= 15 is 0 Å². The summed E-state index contributed by atoms with van der Waals surface area (Å²) in [5, 5.41) is 7.31. The van der Waals surface area contributed by atoms with Crippen LogP contribution in [0.15, 0.2) is 42.5 Å². The van der Waals surface area contributed by atoms with Crippen LogP contribution in [0.3, 0.4) is 0 Å². The number of anilines is 1. The number of amides is 1. The molecule has 122 valence electrons. The number of rotatable bonds is 5. The molecule has 1 amide bonds. The summed E-state index contributed by atoms with van der Waals surface area (Å²) in [4.78, 5) is 12.2. The van der Waals surface area contributed by atoms with Crippen molar-refractivity contribution < 1.29 is 9.53 Å². The molecule has 4 rings (SSSR count). The molecule has 3 aromatic rings. The Bertz CT molecular complexity index is 891. The maximum atomic E-state index is 12.2. The Balaban J connectivity index is 1.32. The van der Waals surface area contributed by atoms with E-state index in [1.165, 1.54) is 17.1 Å². The van der Waals surface area contributed by atoms with Crippen LogP contribution < -0.4 is 15.4 Å². The summed E-state index contributed by atoms with van der Waals surface area (Å²) >= 11 is 1.47. The number of fused-ring (bicyclic) bond motifs is 2. The highest BCUT2D eigenvalue weighted by atomic mass is 32.1. The standard InChI is InChI=1S/C18H17N3O2S/c22-18(13-6-5-12-7-10-23-15(12)11-13)20-9-8-19-17-14-3-1-2-4-16(14)24-21-17/h1-6,11H,7-10H2,(H,19,21)(H,20,22). The summed E-state index contributed by atoms with van der Waals surface area (Å²) in [6.07, 6.45) is 0.919. The minimum Gasteiger partial charge on any atom is -0.493 e. The van der Waals surface area contributed by atoms with Crippen molar-refractivity contribution >= 4 is 33.3 Å². The van der Waals surface area contributed by atoms with Crippen LogP contribution in [-0.2, 0) is 6.42 Å². The smallest absolute Gasteiger partial charge is 0.251 e. The summed E-state index contributed by atoms with van der Waals surface area (Å²) in [6.45, 7) is 1.86. The first-order chi connectivity index (χ1) is 11.8. The van der Waals surface area contributed by atoms with Crippen molar-refractivity contribution in [2.24, 2.45) is 0 Å². The van der Waals surface area contributed by atoms with Crippen molar-refractivity contribution in [3.63, 3.8) is 0 Å². The lowest BCUT2D eigenvalue weighted by atomic mass is 10.1. The summed E-state index contributed by atoms with van der Waals surface area (Å²) in [7, 11) is 0. The van der Waals surface area contributed by atoms with Crippen LogP contribution in [0, 0.1) is 0 Å². The van der Waals surface area contributed by atoms with Crippen molar-refractivity contribution in [3.8, 4) is 5.75 Å². The molecule has 24 heavy (non-hydrogen) atoms. The van der Waals surface area contributed by atoms with Gasteiger partial charge in [0.25, 0.3) is 5.91 Å². The Morgan fingerprint density at radius 3 is 3.08 bits per heavy atom. The number of aromatic nitrogens is 1. The van der Waals surface area contributed by atoms with E-state index < -0.39 is 0 Å². The minimum atomic E-state index is -0.0850. The zero-order valence-corrected chi connectivity index (χ0v) is 13.9. The topological polar surface area (TPSA) is 63.2 Å². The van der Waals surface area contributed by atoms with Gasteiger partial charge in [0.1, 0.15) is 11.6 Å². The van der Waals surface area contributed by atoms with E-state index in [1.807, 2.05) is 36.4 Å². The van der Waals surface area contributed by atoms with Crippen molar-refractivity contribution in [1.29, 1.82) is 0 Å². The molecule has 0 saturated carbocycles. The number of hydrogen-bond donors (Lipinski definition) is 2. The SMILES string of the molecule is O=C(NCCNc1nsc2ccccc12)c1ccc2c(c1)OCC2. The number of ether oxygens (including phenoxy) is 1. The highest BCUT2D eigenvalue weighted by molar-refractivity contribution is 7.13. The molecular formula is C18H17N3O2S. The highest BCUT2D eigenvalue weighted by Gasteiger charge is 2.14. The minimum absolute atomic E-state index is 0.0850. The molecule has 0 spiro atoms. The third-order valence-electron chi connectivity index (χ3n) is 4.04. The van der Waals surface area contributed by atoms with E-state index in [9.17, 15) is 4.79 Å². The van der Waals surface area contributed by atoms with Crippen LogP contribution in [0.2, 0.25) is 0 Å². The van der Waals surface area contributed by atoms with E-state index in [1.54, 1.807) is 0 Å². The quantitative estimate of drug-likeness (QED) is 0.701. The molecule has 0 saturated heterocycles.